The second kappa shape index (κ2) is 5.19. The molecule has 0 aromatic heterocycles. The lowest BCUT2D eigenvalue weighted by Crippen LogP contribution is -2.44. The SMILES string of the molecule is C[C@@H](NC1CCOC(C)(C)C1)c1ccccc1. The fourth-order valence-electron chi connectivity index (χ4n) is 2.57. The van der Waals surface area contributed by atoms with Crippen molar-refractivity contribution in [1.29, 1.82) is 0 Å². The maximum atomic E-state index is 5.74. The van der Waals surface area contributed by atoms with Crippen LogP contribution in [-0.2, 0) is 4.74 Å². The molecule has 0 saturated carbocycles. The first-order chi connectivity index (χ1) is 8.07. The molecule has 2 nitrogen and oxygen atoms in total. The molecule has 1 aromatic carbocycles. The van der Waals surface area contributed by atoms with Gasteiger partial charge in [0.15, 0.2) is 0 Å². The summed E-state index contributed by atoms with van der Waals surface area (Å²) in [5, 5.41) is 3.71. The van der Waals surface area contributed by atoms with Gasteiger partial charge in [0.05, 0.1) is 5.60 Å². The fourth-order valence-corrected chi connectivity index (χ4v) is 2.57. The van der Waals surface area contributed by atoms with Crippen molar-refractivity contribution in [3.05, 3.63) is 35.9 Å². The highest BCUT2D eigenvalue weighted by molar-refractivity contribution is 5.18. The van der Waals surface area contributed by atoms with Crippen LogP contribution in [-0.4, -0.2) is 18.2 Å². The van der Waals surface area contributed by atoms with Crippen LogP contribution < -0.4 is 5.32 Å². The average molecular weight is 233 g/mol. The van der Waals surface area contributed by atoms with Crippen molar-refractivity contribution in [3.63, 3.8) is 0 Å². The van der Waals surface area contributed by atoms with Crippen LogP contribution in [0.4, 0.5) is 0 Å². The number of rotatable bonds is 3. The fraction of sp³-hybridized carbons (Fsp3) is 0.600. The van der Waals surface area contributed by atoms with E-state index in [0.29, 0.717) is 12.1 Å². The summed E-state index contributed by atoms with van der Waals surface area (Å²) in [4.78, 5) is 0. The molecule has 0 amide bonds. The number of nitrogens with one attached hydrogen (secondary N) is 1. The van der Waals surface area contributed by atoms with Gasteiger partial charge in [0, 0.05) is 18.7 Å². The van der Waals surface area contributed by atoms with Crippen LogP contribution in [0.5, 0.6) is 0 Å². The summed E-state index contributed by atoms with van der Waals surface area (Å²) in [5.74, 6) is 0. The minimum Gasteiger partial charge on any atom is -0.375 e. The van der Waals surface area contributed by atoms with Crippen LogP contribution in [0.15, 0.2) is 30.3 Å². The predicted molar refractivity (Wildman–Crippen MR) is 71.0 cm³/mol. The molecule has 17 heavy (non-hydrogen) atoms. The highest BCUT2D eigenvalue weighted by Gasteiger charge is 2.29. The van der Waals surface area contributed by atoms with Gasteiger partial charge in [0.25, 0.3) is 0 Å². The number of ether oxygens (including phenoxy) is 1. The molecule has 94 valence electrons. The van der Waals surface area contributed by atoms with Crippen LogP contribution in [0.3, 0.4) is 0 Å². The van der Waals surface area contributed by atoms with Crippen molar-refractivity contribution in [3.8, 4) is 0 Å². The lowest BCUT2D eigenvalue weighted by molar-refractivity contribution is -0.0639. The van der Waals surface area contributed by atoms with E-state index in [0.717, 1.165) is 19.4 Å². The highest BCUT2D eigenvalue weighted by Crippen LogP contribution is 2.25. The Morgan fingerprint density at radius 1 is 1.29 bits per heavy atom. The van der Waals surface area contributed by atoms with E-state index in [4.69, 9.17) is 4.74 Å². The lowest BCUT2D eigenvalue weighted by Gasteiger charge is -2.37. The van der Waals surface area contributed by atoms with Gasteiger partial charge >= 0.3 is 0 Å². The maximum Gasteiger partial charge on any atom is 0.0641 e. The van der Waals surface area contributed by atoms with E-state index in [9.17, 15) is 0 Å². The average Bonchev–Trinajstić information content (AvgIpc) is 2.29. The van der Waals surface area contributed by atoms with Gasteiger partial charge in [-0.15, -0.1) is 0 Å². The van der Waals surface area contributed by atoms with E-state index >= 15 is 0 Å². The molecule has 2 rings (SSSR count). The van der Waals surface area contributed by atoms with Gasteiger partial charge in [-0.05, 0) is 39.2 Å². The minimum absolute atomic E-state index is 0.0202. The maximum absolute atomic E-state index is 5.74. The molecule has 1 fully saturated rings. The molecule has 1 aromatic rings. The molecule has 1 N–H and O–H groups in total. The molecule has 2 heteroatoms. The quantitative estimate of drug-likeness (QED) is 0.865. The van der Waals surface area contributed by atoms with Crippen molar-refractivity contribution in [2.24, 2.45) is 0 Å². The molecule has 0 aliphatic carbocycles. The molecule has 0 radical (unpaired) electrons. The van der Waals surface area contributed by atoms with E-state index in [2.05, 4.69) is 56.4 Å². The summed E-state index contributed by atoms with van der Waals surface area (Å²) in [6.07, 6.45) is 2.20. The third kappa shape index (κ3) is 3.55. The molecule has 1 unspecified atom stereocenters. The van der Waals surface area contributed by atoms with Gasteiger partial charge in [-0.1, -0.05) is 30.3 Å². The Bertz CT molecular complexity index is 347. The van der Waals surface area contributed by atoms with Gasteiger partial charge < -0.3 is 10.1 Å². The number of hydrogen-bond acceptors (Lipinski definition) is 2. The Balaban J connectivity index is 1.93. The number of benzene rings is 1. The van der Waals surface area contributed by atoms with Crippen LogP contribution in [0.25, 0.3) is 0 Å². The second-order valence-corrected chi connectivity index (χ2v) is 5.60. The van der Waals surface area contributed by atoms with Gasteiger partial charge in [-0.3, -0.25) is 0 Å². The molecule has 2 atom stereocenters. The van der Waals surface area contributed by atoms with Gasteiger partial charge in [-0.25, -0.2) is 0 Å². The van der Waals surface area contributed by atoms with Crippen LogP contribution in [0, 0.1) is 0 Å². The van der Waals surface area contributed by atoms with Crippen LogP contribution in [0.1, 0.15) is 45.2 Å². The Morgan fingerprint density at radius 3 is 2.65 bits per heavy atom. The smallest absolute Gasteiger partial charge is 0.0641 e. The van der Waals surface area contributed by atoms with Crippen molar-refractivity contribution in [1.82, 2.24) is 5.32 Å². The van der Waals surface area contributed by atoms with E-state index < -0.39 is 0 Å². The molecule has 0 spiro atoms. The van der Waals surface area contributed by atoms with Crippen LogP contribution >= 0.6 is 0 Å². The molecular formula is C15H23NO. The summed E-state index contributed by atoms with van der Waals surface area (Å²) in [7, 11) is 0. The van der Waals surface area contributed by atoms with E-state index in [1.807, 2.05) is 0 Å². The molecule has 1 aliphatic heterocycles. The zero-order valence-electron chi connectivity index (χ0n) is 11.1. The first-order valence-corrected chi connectivity index (χ1v) is 6.52. The first kappa shape index (κ1) is 12.6. The monoisotopic (exact) mass is 233 g/mol. The minimum atomic E-state index is 0.0202. The Labute approximate surface area is 104 Å². The Kier molecular flexibility index (Phi) is 3.85. The summed E-state index contributed by atoms with van der Waals surface area (Å²) < 4.78 is 5.74. The number of hydrogen-bond donors (Lipinski definition) is 1. The topological polar surface area (TPSA) is 21.3 Å². The highest BCUT2D eigenvalue weighted by atomic mass is 16.5. The summed E-state index contributed by atoms with van der Waals surface area (Å²) >= 11 is 0. The molecule has 1 heterocycles. The van der Waals surface area contributed by atoms with E-state index in [1.165, 1.54) is 5.56 Å². The third-order valence-corrected chi connectivity index (χ3v) is 3.48. The summed E-state index contributed by atoms with van der Waals surface area (Å²) in [6, 6.07) is 11.6. The van der Waals surface area contributed by atoms with Crippen LogP contribution in [0.2, 0.25) is 0 Å². The molecular weight excluding hydrogens is 210 g/mol. The summed E-state index contributed by atoms with van der Waals surface area (Å²) in [6.45, 7) is 7.45. The predicted octanol–water partition coefficient (Wildman–Crippen LogP) is 3.29. The van der Waals surface area contributed by atoms with Crippen molar-refractivity contribution in [2.75, 3.05) is 6.61 Å². The largest absolute Gasteiger partial charge is 0.375 e. The lowest BCUT2D eigenvalue weighted by atomic mass is 9.93. The third-order valence-electron chi connectivity index (χ3n) is 3.48. The molecule has 1 saturated heterocycles. The molecule has 1 aliphatic rings. The Hall–Kier alpha value is -0.860. The molecule has 0 bridgehead atoms. The Morgan fingerprint density at radius 2 is 2.00 bits per heavy atom. The van der Waals surface area contributed by atoms with Gasteiger partial charge in [0.1, 0.15) is 0 Å². The normalized spacial score (nSPS) is 25.5. The van der Waals surface area contributed by atoms with Crippen molar-refractivity contribution in [2.45, 2.75) is 51.3 Å². The van der Waals surface area contributed by atoms with Crippen molar-refractivity contribution >= 4 is 0 Å². The van der Waals surface area contributed by atoms with Gasteiger partial charge in [0.2, 0.25) is 0 Å². The zero-order chi connectivity index (χ0) is 12.3. The second-order valence-electron chi connectivity index (χ2n) is 5.60. The zero-order valence-corrected chi connectivity index (χ0v) is 11.1. The van der Waals surface area contributed by atoms with Gasteiger partial charge in [-0.2, -0.15) is 0 Å². The standard InChI is InChI=1S/C15H23NO/c1-12(13-7-5-4-6-8-13)16-14-9-10-17-15(2,3)11-14/h4-8,12,14,16H,9-11H2,1-3H3/t12-,14?/m1/s1. The van der Waals surface area contributed by atoms with E-state index in [1.54, 1.807) is 0 Å². The first-order valence-electron chi connectivity index (χ1n) is 6.52. The van der Waals surface area contributed by atoms with E-state index in [-0.39, 0.29) is 5.60 Å². The summed E-state index contributed by atoms with van der Waals surface area (Å²) in [5.41, 5.74) is 1.38. The van der Waals surface area contributed by atoms with Crippen molar-refractivity contribution < 1.29 is 4.74 Å².